The Bertz CT molecular complexity index is 533. The third-order valence-corrected chi connectivity index (χ3v) is 4.38. The number of ketones is 1. The molecule has 0 amide bonds. The number of rotatable bonds is 3. The second kappa shape index (κ2) is 9.09. The maximum atomic E-state index is 12.5. The topological polar surface area (TPSA) is 61.4 Å². The fraction of sp³-hybridized carbons (Fsp3) is 0.429. The minimum Gasteiger partial charge on any atom is -0.388 e. The highest BCUT2D eigenvalue weighted by Crippen LogP contribution is 2.19. The first-order valence-electron chi connectivity index (χ1n) is 6.63. The Morgan fingerprint density at radius 1 is 1.59 bits per heavy atom. The van der Waals surface area contributed by atoms with Crippen LogP contribution in [0.1, 0.15) is 13.3 Å². The number of nitrogens with one attached hydrogen (secondary N) is 2. The van der Waals surface area contributed by atoms with E-state index in [9.17, 15) is 14.0 Å². The molecule has 0 spiro atoms. The molecule has 1 heterocycles. The number of halogens is 2. The van der Waals surface area contributed by atoms with Crippen molar-refractivity contribution >= 4 is 41.5 Å². The van der Waals surface area contributed by atoms with Gasteiger partial charge < -0.3 is 10.1 Å². The Morgan fingerprint density at radius 2 is 2.27 bits per heavy atom. The highest BCUT2D eigenvalue weighted by molar-refractivity contribution is 7.95. The minimum atomic E-state index is -0.388. The zero-order valence-corrected chi connectivity index (χ0v) is 14.2. The molecule has 1 aromatic rings. The smallest absolute Gasteiger partial charge is 0.147 e. The lowest BCUT2D eigenvalue weighted by atomic mass is 10.1. The van der Waals surface area contributed by atoms with Gasteiger partial charge in [0.05, 0.1) is 17.1 Å². The third-order valence-electron chi connectivity index (χ3n) is 3.14. The van der Waals surface area contributed by atoms with Crippen molar-refractivity contribution in [3.05, 3.63) is 29.0 Å². The van der Waals surface area contributed by atoms with Crippen LogP contribution < -0.4 is 10.0 Å². The summed E-state index contributed by atoms with van der Waals surface area (Å²) in [5, 5.41) is 2.99. The van der Waals surface area contributed by atoms with Crippen molar-refractivity contribution in [3.63, 3.8) is 0 Å². The first kappa shape index (κ1) is 18.9. The van der Waals surface area contributed by atoms with E-state index in [4.69, 9.17) is 11.6 Å². The van der Waals surface area contributed by atoms with Gasteiger partial charge in [0.1, 0.15) is 17.9 Å². The van der Waals surface area contributed by atoms with Crippen molar-refractivity contribution in [1.82, 2.24) is 9.03 Å². The fourth-order valence-electron chi connectivity index (χ4n) is 1.69. The number of nitrogens with zero attached hydrogens (tertiary/aromatic N) is 1. The van der Waals surface area contributed by atoms with E-state index in [0.717, 1.165) is 12.0 Å². The molecule has 0 saturated carbocycles. The molecule has 0 bridgehead atoms. The van der Waals surface area contributed by atoms with Crippen molar-refractivity contribution in [2.45, 2.75) is 25.4 Å². The Balaban J connectivity index is 0.000000224. The second-order valence-electron chi connectivity index (χ2n) is 4.74. The van der Waals surface area contributed by atoms with Crippen molar-refractivity contribution in [2.24, 2.45) is 0 Å². The minimum absolute atomic E-state index is 0.0856. The lowest BCUT2D eigenvalue weighted by Gasteiger charge is -2.32. The van der Waals surface area contributed by atoms with Crippen LogP contribution in [0, 0.1) is 5.82 Å². The van der Waals surface area contributed by atoms with Gasteiger partial charge in [-0.2, -0.15) is 0 Å². The lowest BCUT2D eigenvalue weighted by molar-refractivity contribution is -0.119. The van der Waals surface area contributed by atoms with Crippen LogP contribution in [0.5, 0.6) is 0 Å². The molecule has 2 rings (SSSR count). The summed E-state index contributed by atoms with van der Waals surface area (Å²) in [6.45, 7) is 1.53. The van der Waals surface area contributed by atoms with Crippen molar-refractivity contribution in [2.75, 3.05) is 19.4 Å². The Hall–Kier alpha value is -1.15. The Morgan fingerprint density at radius 3 is 2.77 bits per heavy atom. The van der Waals surface area contributed by atoms with Crippen molar-refractivity contribution in [1.29, 1.82) is 0 Å². The first-order valence-corrected chi connectivity index (χ1v) is 7.78. The molecular weight excluding hydrogens is 329 g/mol. The van der Waals surface area contributed by atoms with E-state index in [1.165, 1.54) is 31.2 Å². The van der Waals surface area contributed by atoms with E-state index in [1.54, 1.807) is 13.1 Å². The summed E-state index contributed by atoms with van der Waals surface area (Å²) >= 11 is 6.80. The Kier molecular flexibility index (Phi) is 7.81. The largest absolute Gasteiger partial charge is 0.388 e. The molecule has 1 aliphatic rings. The average Bonchev–Trinajstić information content (AvgIpc) is 2.51. The average molecular weight is 348 g/mol. The zero-order chi connectivity index (χ0) is 16.7. The predicted molar refractivity (Wildman–Crippen MR) is 88.4 cm³/mol. The van der Waals surface area contributed by atoms with Crippen LogP contribution in [0.2, 0.25) is 5.02 Å². The fourth-order valence-corrected chi connectivity index (χ4v) is 2.70. The number of aldehydes is 1. The number of carbonyl (C=O) groups is 2. The summed E-state index contributed by atoms with van der Waals surface area (Å²) in [5.41, 5.74) is 0.811. The van der Waals surface area contributed by atoms with E-state index in [-0.39, 0.29) is 28.7 Å². The molecule has 122 valence electrons. The van der Waals surface area contributed by atoms with E-state index in [1.807, 2.05) is 11.4 Å². The van der Waals surface area contributed by atoms with E-state index in [2.05, 4.69) is 10.0 Å². The van der Waals surface area contributed by atoms with Crippen LogP contribution in [-0.2, 0) is 9.59 Å². The summed E-state index contributed by atoms with van der Waals surface area (Å²) in [5.74, 6) is -0.303. The summed E-state index contributed by atoms with van der Waals surface area (Å²) in [4.78, 5) is 21.5. The van der Waals surface area contributed by atoms with Gasteiger partial charge in [-0.3, -0.25) is 4.79 Å². The molecule has 5 nitrogen and oxygen atoms in total. The van der Waals surface area contributed by atoms with Crippen LogP contribution in [0.3, 0.4) is 0 Å². The molecule has 2 atom stereocenters. The summed E-state index contributed by atoms with van der Waals surface area (Å²) in [6, 6.07) is 4.17. The van der Waals surface area contributed by atoms with Gasteiger partial charge >= 0.3 is 0 Å². The van der Waals surface area contributed by atoms with Crippen LogP contribution >= 0.6 is 23.7 Å². The van der Waals surface area contributed by atoms with Crippen molar-refractivity contribution < 1.29 is 14.0 Å². The number of hydrogen-bond acceptors (Lipinski definition) is 6. The summed E-state index contributed by atoms with van der Waals surface area (Å²) < 4.78 is 17.3. The normalized spacial score (nSPS) is 21.5. The standard InChI is InChI=1S/C7H7ClFN.C7H12N2O2S/c1-10-5-2-3-7(9)6(8)4-5;1-5(11)7-3-6(4-10)9(2)12-8-7/h2-4,10H,1H3;4,6-8H,3H2,1-2H3. The van der Waals surface area contributed by atoms with E-state index >= 15 is 0 Å². The molecule has 0 aromatic heterocycles. The molecule has 2 unspecified atom stereocenters. The second-order valence-corrected chi connectivity index (χ2v) is 6.14. The van der Waals surface area contributed by atoms with Gasteiger partial charge in [0.25, 0.3) is 0 Å². The summed E-state index contributed by atoms with van der Waals surface area (Å²) in [6.07, 6.45) is 1.45. The molecule has 1 fully saturated rings. The van der Waals surface area contributed by atoms with Gasteiger partial charge in [-0.1, -0.05) is 11.6 Å². The number of hydrogen-bond donors (Lipinski definition) is 2. The van der Waals surface area contributed by atoms with Crippen LogP contribution in [0.25, 0.3) is 0 Å². The van der Waals surface area contributed by atoms with Gasteiger partial charge in [-0.05, 0) is 38.6 Å². The SMILES string of the molecule is CC(=O)C1CC(C=O)N(C)SN1.CNc1ccc(F)c(Cl)c1. The third kappa shape index (κ3) is 5.57. The lowest BCUT2D eigenvalue weighted by Crippen LogP contribution is -2.46. The monoisotopic (exact) mass is 347 g/mol. The summed E-state index contributed by atoms with van der Waals surface area (Å²) in [7, 11) is 3.58. The predicted octanol–water partition coefficient (Wildman–Crippen LogP) is 2.52. The maximum absolute atomic E-state index is 12.5. The molecule has 0 radical (unpaired) electrons. The van der Waals surface area contributed by atoms with Gasteiger partial charge in [0.2, 0.25) is 0 Å². The van der Waals surface area contributed by atoms with Crippen LogP contribution in [0.15, 0.2) is 18.2 Å². The number of carbonyl (C=O) groups excluding carboxylic acids is 2. The molecular formula is C14H19ClFN3O2S. The zero-order valence-electron chi connectivity index (χ0n) is 12.6. The molecule has 22 heavy (non-hydrogen) atoms. The van der Waals surface area contributed by atoms with Gasteiger partial charge in [-0.25, -0.2) is 13.4 Å². The highest BCUT2D eigenvalue weighted by Gasteiger charge is 2.28. The Labute approximate surface area is 138 Å². The molecule has 1 saturated heterocycles. The number of anilines is 1. The van der Waals surface area contributed by atoms with Crippen LogP contribution in [-0.4, -0.2) is 42.6 Å². The van der Waals surface area contributed by atoms with Crippen LogP contribution in [0.4, 0.5) is 10.1 Å². The van der Waals surface area contributed by atoms with E-state index < -0.39 is 0 Å². The quantitative estimate of drug-likeness (QED) is 0.647. The number of Topliss-reactive ketones (excluding diaryl/α,β-unsaturated/α-hetero) is 1. The maximum Gasteiger partial charge on any atom is 0.147 e. The van der Waals surface area contributed by atoms with Crippen molar-refractivity contribution in [3.8, 4) is 0 Å². The molecule has 1 aliphatic heterocycles. The molecule has 1 aromatic carbocycles. The molecule has 0 aliphatic carbocycles. The molecule has 8 heteroatoms. The van der Waals surface area contributed by atoms with Gasteiger partial charge in [0, 0.05) is 24.9 Å². The number of likely N-dealkylation sites (N-methyl/N-ethyl adjacent to an activating group) is 1. The van der Waals surface area contributed by atoms with Gasteiger partial charge in [0.15, 0.2) is 0 Å². The van der Waals surface area contributed by atoms with Gasteiger partial charge in [-0.15, -0.1) is 0 Å². The highest BCUT2D eigenvalue weighted by atomic mass is 35.5. The van der Waals surface area contributed by atoms with E-state index in [0.29, 0.717) is 6.42 Å². The first-order chi connectivity index (χ1) is 10.4. The number of benzene rings is 1. The molecule has 2 N–H and O–H groups in total.